The first-order valence-electron chi connectivity index (χ1n) is 26.2. The fraction of sp³-hybridized carbons (Fsp3) is 0.217. The van der Waals surface area contributed by atoms with Crippen molar-refractivity contribution >= 4 is 39.0 Å². The zero-order valence-electron chi connectivity index (χ0n) is 41.0. The second kappa shape index (κ2) is 14.8. The molecule has 344 valence electrons. The summed E-state index contributed by atoms with van der Waals surface area (Å²) in [5.41, 5.74) is 24.0. The monoisotopic (exact) mass is 915 g/mol. The Morgan fingerprint density at radius 2 is 0.859 bits per heavy atom. The molecule has 0 aliphatic heterocycles. The lowest BCUT2D eigenvalue weighted by Crippen LogP contribution is -2.56. The summed E-state index contributed by atoms with van der Waals surface area (Å²) in [6.07, 6.45) is 5.08. The van der Waals surface area contributed by atoms with Gasteiger partial charge in [0, 0.05) is 38.7 Å². The van der Waals surface area contributed by atoms with E-state index in [1.165, 1.54) is 92.7 Å². The smallest absolute Gasteiger partial charge is 0.136 e. The van der Waals surface area contributed by atoms with E-state index in [4.69, 9.17) is 4.42 Å². The minimum absolute atomic E-state index is 0.0714. The number of benzene rings is 9. The molecule has 9 aromatic carbocycles. The molecular formula is C69H57NO. The molecule has 2 heteroatoms. The molecule has 71 heavy (non-hydrogen) atoms. The van der Waals surface area contributed by atoms with E-state index in [-0.39, 0.29) is 10.8 Å². The van der Waals surface area contributed by atoms with Gasteiger partial charge < -0.3 is 9.32 Å². The molecule has 2 spiro atoms. The van der Waals surface area contributed by atoms with Crippen molar-refractivity contribution in [3.63, 3.8) is 0 Å². The molecular weight excluding hydrogens is 859 g/mol. The Hall–Kier alpha value is -7.42. The highest BCUT2D eigenvalue weighted by molar-refractivity contribution is 6.06. The van der Waals surface area contributed by atoms with Crippen LogP contribution in [0.3, 0.4) is 0 Å². The number of nitrogens with zero attached hydrogens (tertiary/aromatic N) is 1. The molecule has 15 rings (SSSR count). The van der Waals surface area contributed by atoms with Crippen molar-refractivity contribution in [2.45, 2.75) is 69.6 Å². The second-order valence-corrected chi connectivity index (χ2v) is 22.6. The summed E-state index contributed by atoms with van der Waals surface area (Å²) >= 11 is 0. The van der Waals surface area contributed by atoms with Crippen molar-refractivity contribution in [1.29, 1.82) is 0 Å². The first-order valence-corrected chi connectivity index (χ1v) is 26.2. The molecule has 10 aromatic rings. The van der Waals surface area contributed by atoms with E-state index in [0.29, 0.717) is 11.8 Å². The van der Waals surface area contributed by atoms with Gasteiger partial charge in [-0.2, -0.15) is 0 Å². The lowest BCUT2D eigenvalue weighted by atomic mass is 9.41. The summed E-state index contributed by atoms with van der Waals surface area (Å²) < 4.78 is 6.39. The van der Waals surface area contributed by atoms with Gasteiger partial charge in [0.25, 0.3) is 0 Å². The van der Waals surface area contributed by atoms with E-state index in [9.17, 15) is 0 Å². The van der Waals surface area contributed by atoms with Gasteiger partial charge in [-0.25, -0.2) is 0 Å². The highest BCUT2D eigenvalue weighted by Gasteiger charge is 2.62. The first kappa shape index (κ1) is 41.4. The summed E-state index contributed by atoms with van der Waals surface area (Å²) in [6, 6.07) is 76.9. The van der Waals surface area contributed by atoms with Gasteiger partial charge in [0.1, 0.15) is 11.2 Å². The van der Waals surface area contributed by atoms with Crippen molar-refractivity contribution in [2.24, 2.45) is 23.7 Å². The molecule has 5 aliphatic carbocycles. The van der Waals surface area contributed by atoms with Gasteiger partial charge in [0.15, 0.2) is 0 Å². The quantitative estimate of drug-likeness (QED) is 0.175. The Bertz CT molecular complexity index is 3750. The molecule has 1 heterocycles. The number of fused-ring (bicyclic) bond motifs is 15. The van der Waals surface area contributed by atoms with Crippen LogP contribution < -0.4 is 4.90 Å². The Morgan fingerprint density at radius 3 is 1.54 bits per heavy atom. The average Bonchev–Trinajstić information content (AvgIpc) is 3.99. The van der Waals surface area contributed by atoms with E-state index in [1.807, 2.05) is 6.07 Å². The number of para-hydroxylation sites is 1. The second-order valence-electron chi connectivity index (χ2n) is 22.6. The third-order valence-electron chi connectivity index (χ3n) is 18.5. The van der Waals surface area contributed by atoms with Crippen molar-refractivity contribution in [3.8, 4) is 33.4 Å². The molecule has 1 aromatic heterocycles. The van der Waals surface area contributed by atoms with Crippen LogP contribution in [0.2, 0.25) is 0 Å². The predicted octanol–water partition coefficient (Wildman–Crippen LogP) is 18.1. The topological polar surface area (TPSA) is 16.4 Å². The van der Waals surface area contributed by atoms with E-state index < -0.39 is 5.41 Å². The fourth-order valence-electron chi connectivity index (χ4n) is 15.9. The van der Waals surface area contributed by atoms with Crippen LogP contribution in [-0.2, 0) is 16.2 Å². The molecule has 0 unspecified atom stereocenters. The molecule has 5 aliphatic rings. The average molecular weight is 916 g/mol. The Labute approximate surface area is 417 Å². The van der Waals surface area contributed by atoms with E-state index in [2.05, 4.69) is 227 Å². The van der Waals surface area contributed by atoms with Gasteiger partial charge in [-0.3, -0.25) is 0 Å². The van der Waals surface area contributed by atoms with Crippen molar-refractivity contribution in [2.75, 3.05) is 4.90 Å². The molecule has 0 amide bonds. The number of hydrogen-bond donors (Lipinski definition) is 0. The summed E-state index contributed by atoms with van der Waals surface area (Å²) in [5, 5.41) is 2.30. The largest absolute Gasteiger partial charge is 0.456 e. The zero-order valence-corrected chi connectivity index (χ0v) is 41.0. The number of hydrogen-bond acceptors (Lipinski definition) is 2. The summed E-state index contributed by atoms with van der Waals surface area (Å²) in [6.45, 7) is 9.86. The maximum atomic E-state index is 6.39. The van der Waals surface area contributed by atoms with Gasteiger partial charge in [0.05, 0.1) is 5.41 Å². The lowest BCUT2D eigenvalue weighted by molar-refractivity contribution is 0.0238. The summed E-state index contributed by atoms with van der Waals surface area (Å²) in [7, 11) is 0. The number of rotatable bonds is 4. The number of anilines is 3. The van der Waals surface area contributed by atoms with Crippen LogP contribution in [0.4, 0.5) is 17.1 Å². The Kier molecular flexibility index (Phi) is 8.63. The van der Waals surface area contributed by atoms with E-state index in [0.717, 1.165) is 50.6 Å². The van der Waals surface area contributed by atoms with Gasteiger partial charge in [-0.1, -0.05) is 173 Å². The van der Waals surface area contributed by atoms with Crippen LogP contribution in [0.25, 0.3) is 55.3 Å². The molecule has 2 nitrogen and oxygen atoms in total. The maximum absolute atomic E-state index is 6.39. The van der Waals surface area contributed by atoms with Crippen molar-refractivity contribution in [1.82, 2.24) is 0 Å². The summed E-state index contributed by atoms with van der Waals surface area (Å²) in [5.74, 6) is 2.57. The molecule has 2 fully saturated rings. The molecule has 0 atom stereocenters. The lowest BCUT2D eigenvalue weighted by Gasteiger charge is -2.61. The molecule has 0 saturated heterocycles. The molecule has 2 saturated carbocycles. The minimum Gasteiger partial charge on any atom is -0.456 e. The molecule has 0 N–H and O–H groups in total. The Balaban J connectivity index is 0.981. The van der Waals surface area contributed by atoms with E-state index in [1.54, 1.807) is 11.1 Å². The van der Waals surface area contributed by atoms with Gasteiger partial charge >= 0.3 is 0 Å². The van der Waals surface area contributed by atoms with Gasteiger partial charge in [0.2, 0.25) is 0 Å². The summed E-state index contributed by atoms with van der Waals surface area (Å²) in [4.78, 5) is 2.56. The van der Waals surface area contributed by atoms with Crippen LogP contribution in [0.5, 0.6) is 0 Å². The van der Waals surface area contributed by atoms with Crippen LogP contribution in [0.15, 0.2) is 205 Å². The van der Waals surface area contributed by atoms with Crippen molar-refractivity contribution in [3.05, 3.63) is 245 Å². The fourth-order valence-corrected chi connectivity index (χ4v) is 15.9. The van der Waals surface area contributed by atoms with Crippen LogP contribution in [-0.4, -0.2) is 0 Å². The van der Waals surface area contributed by atoms with Crippen LogP contribution in [0.1, 0.15) is 97.9 Å². The van der Waals surface area contributed by atoms with Crippen molar-refractivity contribution < 1.29 is 4.42 Å². The first-order chi connectivity index (χ1) is 34.7. The van der Waals surface area contributed by atoms with Crippen LogP contribution >= 0.6 is 0 Å². The van der Waals surface area contributed by atoms with Gasteiger partial charge in [-0.15, -0.1) is 0 Å². The maximum Gasteiger partial charge on any atom is 0.136 e. The highest BCUT2D eigenvalue weighted by atomic mass is 16.3. The standard InChI is InChI=1S/C69H57NO/c1-42-35-46-37-43(2)38-47(36-42)68(46)60-22-12-13-23-61(60)69(58-20-10-6-16-52(58)53-17-7-11-21-59(53)69)64-41-50(31-34-62(64)68)70(49-30-33-54-51-15-5-9-19-57(51)67(3,4)63(54)40-49)48-28-25-44(26-29-48)45-27-32-56-55-18-8-14-24-65(55)71-66(56)39-45/h5-34,39-43,46-47H,35-38H2,1-4H3. The van der Waals surface area contributed by atoms with Crippen LogP contribution in [0, 0.1) is 23.7 Å². The highest BCUT2D eigenvalue weighted by Crippen LogP contribution is 2.69. The SMILES string of the molecule is CC1CC2CC(C)CC(C1)C21c2ccccc2C2(c3ccccc3-c3ccccc32)c2cc(N(c3ccc(-c4ccc5c(c4)oc4ccccc45)cc3)c3ccc4c(c3)C(C)(C)c3ccccc3-4)ccc21. The molecule has 0 radical (unpaired) electrons. The predicted molar refractivity (Wildman–Crippen MR) is 293 cm³/mol. The normalized spacial score (nSPS) is 22.4. The molecule has 2 bridgehead atoms. The van der Waals surface area contributed by atoms with E-state index >= 15 is 0 Å². The Morgan fingerprint density at radius 1 is 0.380 bits per heavy atom. The van der Waals surface area contributed by atoms with Gasteiger partial charge in [-0.05, 0) is 182 Å². The third-order valence-corrected chi connectivity index (χ3v) is 18.5. The zero-order chi connectivity index (χ0) is 47.4. The third kappa shape index (κ3) is 5.49. The number of furan rings is 1. The minimum atomic E-state index is -0.490.